The van der Waals surface area contributed by atoms with E-state index in [9.17, 15) is 8.42 Å². The third-order valence-electron chi connectivity index (χ3n) is 4.00. The van der Waals surface area contributed by atoms with E-state index in [2.05, 4.69) is 39.4 Å². The maximum atomic E-state index is 12.7. The van der Waals surface area contributed by atoms with E-state index in [0.29, 0.717) is 30.1 Å². The Labute approximate surface area is 161 Å². The van der Waals surface area contributed by atoms with Crippen molar-refractivity contribution < 1.29 is 13.2 Å². The highest BCUT2D eigenvalue weighted by atomic mass is 79.9. The largest absolute Gasteiger partial charge is 0.379 e. The van der Waals surface area contributed by atoms with Gasteiger partial charge in [-0.2, -0.15) is 0 Å². The molecule has 1 saturated heterocycles. The van der Waals surface area contributed by atoms with Crippen LogP contribution in [0.2, 0.25) is 10.0 Å². The van der Waals surface area contributed by atoms with Gasteiger partial charge in [0.1, 0.15) is 4.90 Å². The predicted octanol–water partition coefficient (Wildman–Crippen LogP) is 3.39. The number of nitrogens with one attached hydrogen (secondary N) is 1. The first-order chi connectivity index (χ1) is 11.2. The number of sulfonamides is 1. The first-order valence-corrected chi connectivity index (χ1v) is 10.7. The van der Waals surface area contributed by atoms with Crippen LogP contribution < -0.4 is 4.72 Å². The second kappa shape index (κ2) is 8.66. The van der Waals surface area contributed by atoms with Crippen molar-refractivity contribution in [2.75, 3.05) is 32.8 Å². The van der Waals surface area contributed by atoms with Crippen LogP contribution in [0.3, 0.4) is 0 Å². The van der Waals surface area contributed by atoms with Crippen molar-refractivity contribution in [2.45, 2.75) is 24.8 Å². The third-order valence-corrected chi connectivity index (χ3v) is 6.80. The average Bonchev–Trinajstić information content (AvgIpc) is 2.46. The van der Waals surface area contributed by atoms with Crippen molar-refractivity contribution in [3.63, 3.8) is 0 Å². The zero-order valence-electron chi connectivity index (χ0n) is 13.6. The maximum Gasteiger partial charge on any atom is 0.243 e. The lowest BCUT2D eigenvalue weighted by atomic mass is 10.0. The summed E-state index contributed by atoms with van der Waals surface area (Å²) < 4.78 is 34.0. The first-order valence-electron chi connectivity index (χ1n) is 7.68. The maximum absolute atomic E-state index is 12.7. The van der Waals surface area contributed by atoms with E-state index in [-0.39, 0.29) is 21.0 Å². The molecule has 1 heterocycles. The van der Waals surface area contributed by atoms with E-state index in [1.807, 2.05) is 0 Å². The van der Waals surface area contributed by atoms with E-state index >= 15 is 0 Å². The molecule has 24 heavy (non-hydrogen) atoms. The molecule has 1 aliphatic heterocycles. The smallest absolute Gasteiger partial charge is 0.243 e. The van der Waals surface area contributed by atoms with E-state index in [4.69, 9.17) is 27.9 Å². The first kappa shape index (κ1) is 20.4. The van der Waals surface area contributed by atoms with E-state index in [1.165, 1.54) is 12.1 Å². The third kappa shape index (κ3) is 5.06. The summed E-state index contributed by atoms with van der Waals surface area (Å²) in [6, 6.07) is 3.12. The second-order valence-corrected chi connectivity index (χ2v) is 9.44. The topological polar surface area (TPSA) is 58.6 Å². The van der Waals surface area contributed by atoms with Gasteiger partial charge >= 0.3 is 0 Å². The van der Waals surface area contributed by atoms with Gasteiger partial charge < -0.3 is 4.74 Å². The van der Waals surface area contributed by atoms with Crippen LogP contribution in [-0.4, -0.2) is 52.2 Å². The SMILES string of the molecule is CC(C)[C@@H](CNS(=O)(=O)c1c(Cl)cc(Br)cc1Cl)N1CCOCC1. The van der Waals surface area contributed by atoms with Crippen LogP contribution in [0, 0.1) is 5.92 Å². The summed E-state index contributed by atoms with van der Waals surface area (Å²) in [6.07, 6.45) is 0. The molecule has 0 saturated carbocycles. The molecular formula is C15H21BrCl2N2O3S. The van der Waals surface area contributed by atoms with E-state index < -0.39 is 10.0 Å². The molecule has 136 valence electrons. The Hall–Kier alpha value is 0.110. The van der Waals surface area contributed by atoms with Gasteiger partial charge in [0.25, 0.3) is 0 Å². The molecule has 0 radical (unpaired) electrons. The molecule has 9 heteroatoms. The van der Waals surface area contributed by atoms with Crippen molar-refractivity contribution in [1.82, 2.24) is 9.62 Å². The number of hydrogen-bond donors (Lipinski definition) is 1. The van der Waals surface area contributed by atoms with Crippen LogP contribution in [-0.2, 0) is 14.8 Å². The Bertz CT molecular complexity index is 656. The van der Waals surface area contributed by atoms with Crippen LogP contribution in [0.5, 0.6) is 0 Å². The molecular weight excluding hydrogens is 439 g/mol. The quantitative estimate of drug-likeness (QED) is 0.708. The molecule has 0 bridgehead atoms. The standard InChI is InChI=1S/C15H21BrCl2N2O3S/c1-10(2)14(20-3-5-23-6-4-20)9-19-24(21,22)15-12(17)7-11(16)8-13(15)18/h7-8,10,14,19H,3-6,9H2,1-2H3/t14-/m1/s1. The lowest BCUT2D eigenvalue weighted by molar-refractivity contribution is 0.00776. The number of hydrogen-bond acceptors (Lipinski definition) is 4. The Morgan fingerprint density at radius 1 is 1.25 bits per heavy atom. The summed E-state index contributed by atoms with van der Waals surface area (Å²) in [6.45, 7) is 7.38. The molecule has 0 unspecified atom stereocenters. The predicted molar refractivity (Wildman–Crippen MR) is 100 cm³/mol. The fourth-order valence-corrected chi connectivity index (χ4v) is 5.73. The van der Waals surface area contributed by atoms with E-state index in [1.54, 1.807) is 0 Å². The van der Waals surface area contributed by atoms with Crippen molar-refractivity contribution in [3.8, 4) is 0 Å². The number of rotatable bonds is 6. The van der Waals surface area contributed by atoms with Gasteiger partial charge in [-0.25, -0.2) is 13.1 Å². The highest BCUT2D eigenvalue weighted by Gasteiger charge is 2.28. The molecule has 1 N–H and O–H groups in total. The minimum atomic E-state index is -3.80. The summed E-state index contributed by atoms with van der Waals surface area (Å²) in [4.78, 5) is 2.17. The Morgan fingerprint density at radius 2 is 1.79 bits per heavy atom. The number of nitrogens with zero attached hydrogens (tertiary/aromatic N) is 1. The molecule has 1 fully saturated rings. The highest BCUT2D eigenvalue weighted by molar-refractivity contribution is 9.10. The lowest BCUT2D eigenvalue weighted by Gasteiger charge is -2.36. The van der Waals surface area contributed by atoms with Gasteiger partial charge in [-0.15, -0.1) is 0 Å². The van der Waals surface area contributed by atoms with Crippen molar-refractivity contribution in [3.05, 3.63) is 26.7 Å². The van der Waals surface area contributed by atoms with Crippen molar-refractivity contribution in [2.24, 2.45) is 5.92 Å². The summed E-state index contributed by atoms with van der Waals surface area (Å²) in [5, 5.41) is 0.184. The normalized spacial score (nSPS) is 18.1. The number of ether oxygens (including phenoxy) is 1. The molecule has 1 aromatic carbocycles. The second-order valence-electron chi connectivity index (χ2n) is 6.01. The zero-order valence-corrected chi connectivity index (χ0v) is 17.5. The Kier molecular flexibility index (Phi) is 7.37. The summed E-state index contributed by atoms with van der Waals surface area (Å²) >= 11 is 15.4. The Morgan fingerprint density at radius 3 is 2.29 bits per heavy atom. The molecule has 1 aromatic rings. The zero-order chi connectivity index (χ0) is 17.9. The van der Waals surface area contributed by atoms with Crippen molar-refractivity contribution in [1.29, 1.82) is 0 Å². The molecule has 0 aromatic heterocycles. The van der Waals surface area contributed by atoms with Gasteiger partial charge in [0.15, 0.2) is 0 Å². The molecule has 2 rings (SSSR count). The van der Waals surface area contributed by atoms with Crippen LogP contribution in [0.1, 0.15) is 13.8 Å². The summed E-state index contributed by atoms with van der Waals surface area (Å²) in [7, 11) is -3.80. The number of halogens is 3. The highest BCUT2D eigenvalue weighted by Crippen LogP contribution is 2.32. The molecule has 5 nitrogen and oxygen atoms in total. The molecule has 0 spiro atoms. The van der Waals surface area contributed by atoms with Gasteiger partial charge in [0.2, 0.25) is 10.0 Å². The van der Waals surface area contributed by atoms with Crippen LogP contribution in [0.15, 0.2) is 21.5 Å². The fourth-order valence-electron chi connectivity index (χ4n) is 2.75. The van der Waals surface area contributed by atoms with Gasteiger partial charge in [0, 0.05) is 30.1 Å². The van der Waals surface area contributed by atoms with Crippen LogP contribution in [0.4, 0.5) is 0 Å². The van der Waals surface area contributed by atoms with Crippen molar-refractivity contribution >= 4 is 49.2 Å². The summed E-state index contributed by atoms with van der Waals surface area (Å²) in [5.74, 6) is 0.293. The minimum absolute atomic E-state index is 0.0803. The molecule has 0 aliphatic carbocycles. The molecule has 1 atom stereocenters. The molecule has 0 amide bonds. The van der Waals surface area contributed by atoms with Gasteiger partial charge in [0.05, 0.1) is 23.3 Å². The number of morpholine rings is 1. The van der Waals surface area contributed by atoms with Gasteiger partial charge in [-0.05, 0) is 18.1 Å². The lowest BCUT2D eigenvalue weighted by Crippen LogP contribution is -2.51. The monoisotopic (exact) mass is 458 g/mol. The van der Waals surface area contributed by atoms with Crippen LogP contribution >= 0.6 is 39.1 Å². The van der Waals surface area contributed by atoms with E-state index in [0.717, 1.165) is 13.1 Å². The van der Waals surface area contributed by atoms with Gasteiger partial charge in [-0.3, -0.25) is 4.90 Å². The van der Waals surface area contributed by atoms with Crippen LogP contribution in [0.25, 0.3) is 0 Å². The van der Waals surface area contributed by atoms with Gasteiger partial charge in [-0.1, -0.05) is 53.0 Å². The minimum Gasteiger partial charge on any atom is -0.379 e. The fraction of sp³-hybridized carbons (Fsp3) is 0.600. The average molecular weight is 460 g/mol. The Balaban J connectivity index is 2.16. The number of benzene rings is 1. The summed E-state index contributed by atoms with van der Waals surface area (Å²) in [5.41, 5.74) is 0. The molecule has 1 aliphatic rings.